The number of hydrogen-bond donors (Lipinski definition) is 0. The SMILES string of the molecule is Cc1nn(C)c(C)c1CC(=O)CC(C)C. The van der Waals surface area contributed by atoms with Gasteiger partial charge in [0.2, 0.25) is 0 Å². The second kappa shape index (κ2) is 4.60. The van der Waals surface area contributed by atoms with Crippen LogP contribution in [0.5, 0.6) is 0 Å². The first-order chi connectivity index (χ1) is 6.91. The van der Waals surface area contributed by atoms with Gasteiger partial charge in [0.1, 0.15) is 5.78 Å². The van der Waals surface area contributed by atoms with E-state index < -0.39 is 0 Å². The average Bonchev–Trinajstić information content (AvgIpc) is 2.31. The van der Waals surface area contributed by atoms with Gasteiger partial charge in [-0.15, -0.1) is 0 Å². The van der Waals surface area contributed by atoms with E-state index >= 15 is 0 Å². The zero-order valence-corrected chi connectivity index (χ0v) is 10.3. The molecule has 0 aromatic carbocycles. The lowest BCUT2D eigenvalue weighted by Crippen LogP contribution is -2.07. The highest BCUT2D eigenvalue weighted by Gasteiger charge is 2.13. The molecule has 0 saturated carbocycles. The van der Waals surface area contributed by atoms with Gasteiger partial charge in [-0.25, -0.2) is 0 Å². The molecule has 0 bridgehead atoms. The van der Waals surface area contributed by atoms with Gasteiger partial charge in [-0.3, -0.25) is 9.48 Å². The maximum Gasteiger partial charge on any atom is 0.137 e. The fourth-order valence-corrected chi connectivity index (χ4v) is 1.80. The van der Waals surface area contributed by atoms with E-state index in [-0.39, 0.29) is 0 Å². The number of ketones is 1. The molecule has 0 radical (unpaired) electrons. The Morgan fingerprint density at radius 3 is 2.40 bits per heavy atom. The Hall–Kier alpha value is -1.12. The molecule has 15 heavy (non-hydrogen) atoms. The summed E-state index contributed by atoms with van der Waals surface area (Å²) >= 11 is 0. The maximum absolute atomic E-state index is 11.7. The summed E-state index contributed by atoms with van der Waals surface area (Å²) in [5.74, 6) is 0.749. The van der Waals surface area contributed by atoms with E-state index in [1.54, 1.807) is 0 Å². The summed E-state index contributed by atoms with van der Waals surface area (Å²) in [5.41, 5.74) is 3.18. The quantitative estimate of drug-likeness (QED) is 0.760. The van der Waals surface area contributed by atoms with Crippen molar-refractivity contribution in [1.29, 1.82) is 0 Å². The second-order valence-corrected chi connectivity index (χ2v) is 4.59. The molecule has 1 rings (SSSR count). The predicted octanol–water partition coefficient (Wildman–Crippen LogP) is 2.19. The minimum absolute atomic E-state index is 0.309. The van der Waals surface area contributed by atoms with Crippen LogP contribution in [0.4, 0.5) is 0 Å². The van der Waals surface area contributed by atoms with Gasteiger partial charge in [-0.2, -0.15) is 5.10 Å². The van der Waals surface area contributed by atoms with Crippen LogP contribution in [0.2, 0.25) is 0 Å². The van der Waals surface area contributed by atoms with Crippen LogP contribution < -0.4 is 0 Å². The molecule has 0 amide bonds. The van der Waals surface area contributed by atoms with E-state index in [0.717, 1.165) is 17.0 Å². The van der Waals surface area contributed by atoms with Crippen LogP contribution in [0, 0.1) is 19.8 Å². The zero-order valence-electron chi connectivity index (χ0n) is 10.3. The van der Waals surface area contributed by atoms with Crippen LogP contribution in [0.3, 0.4) is 0 Å². The lowest BCUT2D eigenvalue weighted by Gasteiger charge is -2.04. The first-order valence-electron chi connectivity index (χ1n) is 5.42. The molecule has 3 nitrogen and oxygen atoms in total. The van der Waals surface area contributed by atoms with Gasteiger partial charge < -0.3 is 0 Å². The summed E-state index contributed by atoms with van der Waals surface area (Å²) in [7, 11) is 1.92. The fraction of sp³-hybridized carbons (Fsp3) is 0.667. The van der Waals surface area contributed by atoms with E-state index in [2.05, 4.69) is 18.9 Å². The van der Waals surface area contributed by atoms with Gasteiger partial charge in [-0.1, -0.05) is 13.8 Å². The van der Waals surface area contributed by atoms with Crippen LogP contribution >= 0.6 is 0 Å². The fourth-order valence-electron chi connectivity index (χ4n) is 1.80. The molecule has 0 fully saturated rings. The summed E-state index contributed by atoms with van der Waals surface area (Å²) in [6.07, 6.45) is 1.19. The minimum atomic E-state index is 0.309. The number of hydrogen-bond acceptors (Lipinski definition) is 2. The molecule has 0 saturated heterocycles. The lowest BCUT2D eigenvalue weighted by atomic mass is 10.0. The van der Waals surface area contributed by atoms with Crippen molar-refractivity contribution < 1.29 is 4.79 Å². The monoisotopic (exact) mass is 208 g/mol. The van der Waals surface area contributed by atoms with Gasteiger partial charge in [0.05, 0.1) is 5.69 Å². The third-order valence-electron chi connectivity index (χ3n) is 2.67. The second-order valence-electron chi connectivity index (χ2n) is 4.59. The molecule has 1 aromatic rings. The molecule has 3 heteroatoms. The molecule has 0 unspecified atom stereocenters. The molecular weight excluding hydrogens is 188 g/mol. The molecule has 0 aliphatic heterocycles. The first kappa shape index (κ1) is 12.0. The maximum atomic E-state index is 11.7. The van der Waals surface area contributed by atoms with Crippen molar-refractivity contribution in [2.75, 3.05) is 0 Å². The van der Waals surface area contributed by atoms with Crippen molar-refractivity contribution in [2.24, 2.45) is 13.0 Å². The summed E-state index contributed by atoms with van der Waals surface area (Å²) in [6.45, 7) is 8.12. The Labute approximate surface area is 91.5 Å². The molecule has 0 N–H and O–H groups in total. The van der Waals surface area contributed by atoms with Crippen molar-refractivity contribution >= 4 is 5.78 Å². The predicted molar refractivity (Wildman–Crippen MR) is 60.8 cm³/mol. The molecule has 0 atom stereocenters. The summed E-state index contributed by atoms with van der Waals surface area (Å²) in [6, 6.07) is 0. The number of nitrogens with zero attached hydrogens (tertiary/aromatic N) is 2. The summed E-state index contributed by atoms with van der Waals surface area (Å²) in [4.78, 5) is 11.7. The molecule has 0 spiro atoms. The van der Waals surface area contributed by atoms with Crippen LogP contribution in [-0.2, 0) is 18.3 Å². The average molecular weight is 208 g/mol. The molecule has 0 aliphatic carbocycles. The van der Waals surface area contributed by atoms with Gasteiger partial charge in [-0.05, 0) is 19.8 Å². The van der Waals surface area contributed by atoms with Crippen LogP contribution in [0.1, 0.15) is 37.2 Å². The van der Waals surface area contributed by atoms with Crippen molar-refractivity contribution in [2.45, 2.75) is 40.5 Å². The Morgan fingerprint density at radius 2 is 2.00 bits per heavy atom. The van der Waals surface area contributed by atoms with Crippen molar-refractivity contribution in [3.05, 3.63) is 17.0 Å². The number of aromatic nitrogens is 2. The van der Waals surface area contributed by atoms with Gasteiger partial charge in [0, 0.05) is 31.1 Å². The lowest BCUT2D eigenvalue weighted by molar-refractivity contribution is -0.119. The molecule has 1 aromatic heterocycles. The van der Waals surface area contributed by atoms with Crippen LogP contribution in [-0.4, -0.2) is 15.6 Å². The number of aryl methyl sites for hydroxylation is 2. The van der Waals surface area contributed by atoms with Crippen molar-refractivity contribution in [3.8, 4) is 0 Å². The highest BCUT2D eigenvalue weighted by molar-refractivity contribution is 5.81. The third-order valence-corrected chi connectivity index (χ3v) is 2.67. The Balaban J connectivity index is 2.76. The van der Waals surface area contributed by atoms with E-state index in [9.17, 15) is 4.79 Å². The van der Waals surface area contributed by atoms with Crippen molar-refractivity contribution in [3.63, 3.8) is 0 Å². The normalized spacial score (nSPS) is 11.1. The molecular formula is C12H20N2O. The van der Waals surface area contributed by atoms with Gasteiger partial charge >= 0.3 is 0 Å². The summed E-state index contributed by atoms with van der Waals surface area (Å²) in [5, 5.41) is 4.31. The third kappa shape index (κ3) is 2.91. The van der Waals surface area contributed by atoms with E-state index in [1.807, 2.05) is 25.6 Å². The Bertz CT molecular complexity index is 364. The van der Waals surface area contributed by atoms with Gasteiger partial charge in [0.15, 0.2) is 0 Å². The summed E-state index contributed by atoms with van der Waals surface area (Å²) < 4.78 is 1.84. The van der Waals surface area contributed by atoms with Crippen LogP contribution in [0.25, 0.3) is 0 Å². The number of Topliss-reactive ketones (excluding diaryl/α,β-unsaturated/α-hetero) is 1. The smallest absolute Gasteiger partial charge is 0.137 e. The number of rotatable bonds is 4. The zero-order chi connectivity index (χ0) is 11.6. The van der Waals surface area contributed by atoms with Crippen molar-refractivity contribution in [1.82, 2.24) is 9.78 Å². The molecule has 84 valence electrons. The molecule has 1 heterocycles. The Kier molecular flexibility index (Phi) is 3.66. The van der Waals surface area contributed by atoms with E-state index in [4.69, 9.17) is 0 Å². The standard InChI is InChI=1S/C12H20N2O/c1-8(2)6-11(15)7-12-9(3)13-14(5)10(12)4/h8H,6-7H2,1-5H3. The Morgan fingerprint density at radius 1 is 1.40 bits per heavy atom. The minimum Gasteiger partial charge on any atom is -0.299 e. The first-order valence-corrected chi connectivity index (χ1v) is 5.42. The largest absolute Gasteiger partial charge is 0.299 e. The highest BCUT2D eigenvalue weighted by Crippen LogP contribution is 2.14. The topological polar surface area (TPSA) is 34.9 Å². The van der Waals surface area contributed by atoms with E-state index in [1.165, 1.54) is 0 Å². The van der Waals surface area contributed by atoms with Gasteiger partial charge in [0.25, 0.3) is 0 Å². The number of carbonyl (C=O) groups excluding carboxylic acids is 1. The number of carbonyl (C=O) groups is 1. The van der Waals surface area contributed by atoms with Crippen LogP contribution in [0.15, 0.2) is 0 Å². The highest BCUT2D eigenvalue weighted by atomic mass is 16.1. The molecule has 0 aliphatic rings. The van der Waals surface area contributed by atoms with E-state index in [0.29, 0.717) is 24.5 Å².